The first kappa shape index (κ1) is 38.7. The van der Waals surface area contributed by atoms with Crippen LogP contribution < -0.4 is 9.64 Å². The third kappa shape index (κ3) is 6.26. The zero-order chi connectivity index (χ0) is 44.3. The molecule has 0 radical (unpaired) electrons. The van der Waals surface area contributed by atoms with Gasteiger partial charge in [-0.2, -0.15) is 0 Å². The molecule has 2 heteroatoms. The summed E-state index contributed by atoms with van der Waals surface area (Å²) in [5.74, 6) is 1.77. The Hall–Kier alpha value is -8.72. The first-order chi connectivity index (χ1) is 33.2. The Morgan fingerprint density at radius 2 is 0.821 bits per heavy atom. The Kier molecular flexibility index (Phi) is 9.11. The van der Waals surface area contributed by atoms with Crippen molar-refractivity contribution in [2.24, 2.45) is 0 Å². The summed E-state index contributed by atoms with van der Waals surface area (Å²) in [6.45, 7) is 0. The quantitative estimate of drug-likeness (QED) is 0.151. The molecule has 0 bridgehead atoms. The Labute approximate surface area is 391 Å². The van der Waals surface area contributed by atoms with Crippen molar-refractivity contribution in [3.63, 3.8) is 0 Å². The summed E-state index contributed by atoms with van der Waals surface area (Å²) in [6, 6.07) is 95.2. The van der Waals surface area contributed by atoms with Crippen LogP contribution in [0.3, 0.4) is 0 Å². The minimum absolute atomic E-state index is 0.542. The normalized spacial score (nSPS) is 12.7. The fraction of sp³-hybridized carbons (Fsp3) is 0.0154. The predicted molar refractivity (Wildman–Crippen MR) is 278 cm³/mol. The summed E-state index contributed by atoms with van der Waals surface area (Å²) in [5.41, 5.74) is 19.6. The smallest absolute Gasteiger partial charge is 0.135 e. The van der Waals surface area contributed by atoms with E-state index in [9.17, 15) is 0 Å². The molecule has 11 aromatic carbocycles. The SMILES string of the molecule is c1ccc(-c2ccc(-c3ccc(N(c4cccc(C5(c6ccccc6)c6ccccc6-c6ccccc65)c4)c4ccccc4-c4cc5c6c(cccc6c4)Oc4ccccc4-5)cc3)cc2)cc1. The van der Waals surface area contributed by atoms with Gasteiger partial charge in [-0.25, -0.2) is 0 Å². The van der Waals surface area contributed by atoms with Gasteiger partial charge in [0.25, 0.3) is 0 Å². The lowest BCUT2D eigenvalue weighted by molar-refractivity contribution is 0.487. The van der Waals surface area contributed by atoms with Crippen molar-refractivity contribution in [3.8, 4) is 67.1 Å². The summed E-state index contributed by atoms with van der Waals surface area (Å²) < 4.78 is 6.47. The monoisotopic (exact) mass is 853 g/mol. The lowest BCUT2D eigenvalue weighted by Crippen LogP contribution is -2.28. The Balaban J connectivity index is 1.01. The summed E-state index contributed by atoms with van der Waals surface area (Å²) in [4.78, 5) is 2.45. The minimum Gasteiger partial charge on any atom is -0.456 e. The minimum atomic E-state index is -0.542. The predicted octanol–water partition coefficient (Wildman–Crippen LogP) is 17.4. The maximum absolute atomic E-state index is 6.47. The largest absolute Gasteiger partial charge is 0.456 e. The van der Waals surface area contributed by atoms with Gasteiger partial charge in [-0.05, 0) is 127 Å². The van der Waals surface area contributed by atoms with E-state index in [1.54, 1.807) is 0 Å². The molecular weight excluding hydrogens is 811 g/mol. The summed E-state index contributed by atoms with van der Waals surface area (Å²) in [7, 11) is 0. The molecule has 0 amide bonds. The topological polar surface area (TPSA) is 12.5 Å². The van der Waals surface area contributed by atoms with Crippen molar-refractivity contribution in [1.29, 1.82) is 0 Å². The molecule has 13 rings (SSSR count). The van der Waals surface area contributed by atoms with Crippen LogP contribution in [0.4, 0.5) is 17.1 Å². The second-order valence-electron chi connectivity index (χ2n) is 17.6. The highest BCUT2D eigenvalue weighted by atomic mass is 16.5. The first-order valence-electron chi connectivity index (χ1n) is 23.1. The molecule has 0 unspecified atom stereocenters. The molecule has 0 saturated heterocycles. The summed E-state index contributed by atoms with van der Waals surface area (Å²) in [6.07, 6.45) is 0. The Morgan fingerprint density at radius 1 is 0.299 bits per heavy atom. The Bertz CT molecular complexity index is 3600. The van der Waals surface area contributed by atoms with Crippen molar-refractivity contribution >= 4 is 27.8 Å². The van der Waals surface area contributed by atoms with Crippen LogP contribution in [0.25, 0.3) is 66.4 Å². The highest BCUT2D eigenvalue weighted by molar-refractivity contribution is 6.07. The molecule has 0 aromatic heterocycles. The molecule has 0 saturated carbocycles. The molecule has 11 aromatic rings. The molecule has 1 heterocycles. The van der Waals surface area contributed by atoms with Crippen LogP contribution in [0.5, 0.6) is 11.5 Å². The molecule has 0 spiro atoms. The number of hydrogen-bond donors (Lipinski definition) is 0. The number of ether oxygens (including phenoxy) is 1. The molecular formula is C65H43NO. The molecule has 1 aliphatic heterocycles. The van der Waals surface area contributed by atoms with Crippen LogP contribution in [-0.4, -0.2) is 0 Å². The first-order valence-corrected chi connectivity index (χ1v) is 23.1. The van der Waals surface area contributed by atoms with Crippen molar-refractivity contribution in [2.75, 3.05) is 4.90 Å². The van der Waals surface area contributed by atoms with Gasteiger partial charge in [0.05, 0.1) is 11.1 Å². The molecule has 2 aliphatic rings. The highest BCUT2D eigenvalue weighted by Gasteiger charge is 2.46. The number of anilines is 3. The van der Waals surface area contributed by atoms with E-state index >= 15 is 0 Å². The van der Waals surface area contributed by atoms with Crippen LogP contribution in [-0.2, 0) is 5.41 Å². The summed E-state index contributed by atoms with van der Waals surface area (Å²) in [5, 5.41) is 2.29. The van der Waals surface area contributed by atoms with Crippen LogP contribution in [0, 0.1) is 0 Å². The van der Waals surface area contributed by atoms with Gasteiger partial charge < -0.3 is 9.64 Å². The van der Waals surface area contributed by atoms with E-state index in [2.05, 4.69) is 260 Å². The number of nitrogens with zero attached hydrogens (tertiary/aromatic N) is 1. The third-order valence-electron chi connectivity index (χ3n) is 13.9. The fourth-order valence-electron chi connectivity index (χ4n) is 11.0. The lowest BCUT2D eigenvalue weighted by atomic mass is 9.67. The van der Waals surface area contributed by atoms with Crippen molar-refractivity contribution in [3.05, 3.63) is 283 Å². The van der Waals surface area contributed by atoms with Gasteiger partial charge >= 0.3 is 0 Å². The van der Waals surface area contributed by atoms with Crippen LogP contribution >= 0.6 is 0 Å². The van der Waals surface area contributed by atoms with Gasteiger partial charge in [-0.1, -0.05) is 206 Å². The molecule has 0 atom stereocenters. The molecule has 2 nitrogen and oxygen atoms in total. The second-order valence-corrected chi connectivity index (χ2v) is 17.6. The van der Waals surface area contributed by atoms with Crippen LogP contribution in [0.2, 0.25) is 0 Å². The van der Waals surface area contributed by atoms with E-state index in [0.717, 1.165) is 61.6 Å². The fourth-order valence-corrected chi connectivity index (χ4v) is 11.0. The van der Waals surface area contributed by atoms with Gasteiger partial charge in [0.2, 0.25) is 0 Å². The van der Waals surface area contributed by atoms with Crippen LogP contribution in [0.1, 0.15) is 22.3 Å². The van der Waals surface area contributed by atoms with Crippen molar-refractivity contribution in [2.45, 2.75) is 5.41 Å². The maximum atomic E-state index is 6.47. The number of benzene rings is 11. The number of fused-ring (bicyclic) bond motifs is 5. The van der Waals surface area contributed by atoms with E-state index in [1.807, 2.05) is 6.07 Å². The average Bonchev–Trinajstić information content (AvgIpc) is 3.71. The molecule has 67 heavy (non-hydrogen) atoms. The van der Waals surface area contributed by atoms with Crippen molar-refractivity contribution < 1.29 is 4.74 Å². The van der Waals surface area contributed by atoms with E-state index in [-0.39, 0.29) is 0 Å². The van der Waals surface area contributed by atoms with Gasteiger partial charge in [0.15, 0.2) is 0 Å². The van der Waals surface area contributed by atoms with Crippen LogP contribution in [0.15, 0.2) is 261 Å². The van der Waals surface area contributed by atoms with E-state index in [1.165, 1.54) is 55.6 Å². The number of para-hydroxylation sites is 2. The highest BCUT2D eigenvalue weighted by Crippen LogP contribution is 2.57. The number of hydrogen-bond acceptors (Lipinski definition) is 2. The zero-order valence-electron chi connectivity index (χ0n) is 36.7. The standard InChI is InChI=1S/C65H43NO/c1-3-17-44(18-4-1)45-33-35-46(36-34-45)47-37-39-52(40-38-47)66(61-30-13-9-24-54(61)49-41-48-19-15-32-63-64(48)58(42-49)57-27-10-14-31-62(57)67-63)53-23-16-22-51(43-53)65(50-20-5-2-6-21-50)59-28-11-7-25-55(59)56-26-8-12-29-60(56)65/h1-43H. The molecule has 0 N–H and O–H groups in total. The molecule has 314 valence electrons. The van der Waals surface area contributed by atoms with E-state index in [0.29, 0.717) is 0 Å². The zero-order valence-corrected chi connectivity index (χ0v) is 36.7. The molecule has 0 fully saturated rings. The third-order valence-corrected chi connectivity index (χ3v) is 13.9. The Morgan fingerprint density at radius 3 is 1.52 bits per heavy atom. The lowest BCUT2D eigenvalue weighted by Gasteiger charge is -2.35. The molecule has 1 aliphatic carbocycles. The summed E-state index contributed by atoms with van der Waals surface area (Å²) >= 11 is 0. The van der Waals surface area contributed by atoms with E-state index in [4.69, 9.17) is 4.74 Å². The van der Waals surface area contributed by atoms with Gasteiger partial charge in [-0.15, -0.1) is 0 Å². The van der Waals surface area contributed by atoms with Gasteiger partial charge in [0.1, 0.15) is 11.5 Å². The second kappa shape index (κ2) is 15.8. The van der Waals surface area contributed by atoms with E-state index < -0.39 is 5.41 Å². The van der Waals surface area contributed by atoms with Gasteiger partial charge in [-0.3, -0.25) is 0 Å². The van der Waals surface area contributed by atoms with Crippen molar-refractivity contribution in [1.82, 2.24) is 0 Å². The maximum Gasteiger partial charge on any atom is 0.135 e. The average molecular weight is 854 g/mol. The number of rotatable bonds is 8. The van der Waals surface area contributed by atoms with Gasteiger partial charge in [0, 0.05) is 27.9 Å².